The molecule has 9 heteroatoms. The number of nitrogens with zero attached hydrogens (tertiary/aromatic N) is 6. The van der Waals surface area contributed by atoms with Crippen molar-refractivity contribution in [2.45, 2.75) is 33.2 Å². The molecule has 29 heavy (non-hydrogen) atoms. The van der Waals surface area contributed by atoms with Crippen LogP contribution in [0.25, 0.3) is 10.9 Å². The molecule has 1 fully saturated rings. The highest BCUT2D eigenvalue weighted by Gasteiger charge is 2.22. The monoisotopic (exact) mass is 396 g/mol. The van der Waals surface area contributed by atoms with Crippen molar-refractivity contribution in [3.63, 3.8) is 0 Å². The van der Waals surface area contributed by atoms with Gasteiger partial charge >= 0.3 is 0 Å². The van der Waals surface area contributed by atoms with E-state index in [1.807, 2.05) is 30.0 Å². The number of carbonyl (C=O) groups is 1. The smallest absolute Gasteiger partial charge is 0.296 e. The van der Waals surface area contributed by atoms with E-state index in [0.29, 0.717) is 54.8 Å². The van der Waals surface area contributed by atoms with E-state index < -0.39 is 0 Å². The van der Waals surface area contributed by atoms with Crippen molar-refractivity contribution >= 4 is 22.6 Å². The lowest BCUT2D eigenvalue weighted by Crippen LogP contribution is -2.49. The van der Waals surface area contributed by atoms with Crippen LogP contribution >= 0.6 is 0 Å². The van der Waals surface area contributed by atoms with E-state index in [0.717, 1.165) is 18.9 Å². The maximum Gasteiger partial charge on any atom is 0.296 e. The van der Waals surface area contributed by atoms with E-state index in [9.17, 15) is 9.59 Å². The van der Waals surface area contributed by atoms with Crippen molar-refractivity contribution in [1.82, 2.24) is 24.8 Å². The van der Waals surface area contributed by atoms with E-state index in [2.05, 4.69) is 20.1 Å². The average molecular weight is 396 g/mol. The number of carbonyl (C=O) groups excluding carboxylic acids is 1. The molecule has 0 bridgehead atoms. The Bertz CT molecular complexity index is 1070. The van der Waals surface area contributed by atoms with Crippen LogP contribution in [0.3, 0.4) is 0 Å². The number of amides is 1. The van der Waals surface area contributed by atoms with Crippen molar-refractivity contribution in [3.05, 3.63) is 46.2 Å². The zero-order valence-corrected chi connectivity index (χ0v) is 16.7. The summed E-state index contributed by atoms with van der Waals surface area (Å²) in [4.78, 5) is 33.5. The quantitative estimate of drug-likeness (QED) is 0.645. The number of aryl methyl sites for hydroxylation is 3. The third kappa shape index (κ3) is 3.85. The molecule has 0 atom stereocenters. The number of fused-ring (bicyclic) bond motifs is 1. The van der Waals surface area contributed by atoms with Crippen LogP contribution in [0.4, 0.5) is 5.82 Å². The van der Waals surface area contributed by atoms with Crippen molar-refractivity contribution in [2.75, 3.05) is 31.1 Å². The first-order valence-electron chi connectivity index (χ1n) is 9.82. The lowest BCUT2D eigenvalue weighted by molar-refractivity contribution is -0.131. The molecule has 0 aromatic carbocycles. The van der Waals surface area contributed by atoms with Gasteiger partial charge in [0.15, 0.2) is 5.52 Å². The van der Waals surface area contributed by atoms with E-state index in [1.165, 1.54) is 4.68 Å². The fraction of sp³-hybridized carbons (Fsp3) is 0.450. The average Bonchev–Trinajstić information content (AvgIpc) is 3.14. The number of rotatable bonds is 5. The second kappa shape index (κ2) is 8.02. The molecule has 152 valence electrons. The van der Waals surface area contributed by atoms with Crippen LogP contribution in [-0.2, 0) is 11.3 Å². The van der Waals surface area contributed by atoms with Gasteiger partial charge in [-0.3, -0.25) is 9.59 Å². The SMILES string of the molecule is Cc1nn(CCCC(=O)N2CCN(c3ccccn3)CC2)c(=O)c2noc(C)c12. The maximum absolute atomic E-state index is 12.6. The zero-order valence-electron chi connectivity index (χ0n) is 16.7. The molecule has 0 aliphatic carbocycles. The lowest BCUT2D eigenvalue weighted by atomic mass is 10.2. The van der Waals surface area contributed by atoms with Crippen LogP contribution in [0, 0.1) is 13.8 Å². The third-order valence-electron chi connectivity index (χ3n) is 5.30. The third-order valence-corrected chi connectivity index (χ3v) is 5.30. The second-order valence-electron chi connectivity index (χ2n) is 7.24. The van der Waals surface area contributed by atoms with Gasteiger partial charge < -0.3 is 14.3 Å². The molecular weight excluding hydrogens is 372 g/mol. The number of anilines is 1. The molecule has 1 aliphatic rings. The van der Waals surface area contributed by atoms with E-state index >= 15 is 0 Å². The van der Waals surface area contributed by atoms with Gasteiger partial charge in [-0.1, -0.05) is 11.2 Å². The second-order valence-corrected chi connectivity index (χ2v) is 7.24. The van der Waals surface area contributed by atoms with Crippen molar-refractivity contribution in [3.8, 4) is 0 Å². The van der Waals surface area contributed by atoms with E-state index in [4.69, 9.17) is 4.52 Å². The normalized spacial score (nSPS) is 14.6. The number of hydrogen-bond acceptors (Lipinski definition) is 7. The fourth-order valence-electron chi connectivity index (χ4n) is 3.76. The summed E-state index contributed by atoms with van der Waals surface area (Å²) >= 11 is 0. The molecule has 0 N–H and O–H groups in total. The Kier molecular flexibility index (Phi) is 5.28. The summed E-state index contributed by atoms with van der Waals surface area (Å²) in [5.41, 5.74) is 0.723. The summed E-state index contributed by atoms with van der Waals surface area (Å²) in [5, 5.41) is 8.88. The molecule has 3 aromatic heterocycles. The van der Waals surface area contributed by atoms with Gasteiger partial charge in [0.1, 0.15) is 11.6 Å². The Morgan fingerprint density at radius 2 is 1.97 bits per heavy atom. The van der Waals surface area contributed by atoms with Crippen LogP contribution in [0.2, 0.25) is 0 Å². The Labute approximate surface area is 167 Å². The van der Waals surface area contributed by atoms with Crippen molar-refractivity contribution < 1.29 is 9.32 Å². The van der Waals surface area contributed by atoms with Crippen LogP contribution < -0.4 is 10.5 Å². The summed E-state index contributed by atoms with van der Waals surface area (Å²) in [6.07, 6.45) is 2.71. The minimum absolute atomic E-state index is 0.105. The molecule has 4 heterocycles. The fourth-order valence-corrected chi connectivity index (χ4v) is 3.76. The Balaban J connectivity index is 1.31. The lowest BCUT2D eigenvalue weighted by Gasteiger charge is -2.35. The molecule has 0 saturated carbocycles. The van der Waals surface area contributed by atoms with Gasteiger partial charge in [-0.25, -0.2) is 9.67 Å². The van der Waals surface area contributed by atoms with E-state index in [1.54, 1.807) is 13.1 Å². The highest BCUT2D eigenvalue weighted by molar-refractivity contribution is 5.81. The minimum atomic E-state index is -0.279. The van der Waals surface area contributed by atoms with Crippen LogP contribution in [-0.4, -0.2) is 56.9 Å². The van der Waals surface area contributed by atoms with Gasteiger partial charge in [0.05, 0.1) is 11.1 Å². The summed E-state index contributed by atoms with van der Waals surface area (Å²) in [6.45, 7) is 6.86. The first-order valence-corrected chi connectivity index (χ1v) is 9.82. The molecule has 1 saturated heterocycles. The van der Waals surface area contributed by atoms with Crippen LogP contribution in [0.1, 0.15) is 24.3 Å². The number of piperazine rings is 1. The molecular formula is C20H24N6O3. The van der Waals surface area contributed by atoms with Gasteiger partial charge in [-0.05, 0) is 32.4 Å². The Morgan fingerprint density at radius 1 is 1.17 bits per heavy atom. The number of aromatic nitrogens is 4. The van der Waals surface area contributed by atoms with Crippen molar-refractivity contribution in [1.29, 1.82) is 0 Å². The molecule has 0 spiro atoms. The summed E-state index contributed by atoms with van der Waals surface area (Å²) in [7, 11) is 0. The summed E-state index contributed by atoms with van der Waals surface area (Å²) < 4.78 is 6.50. The topological polar surface area (TPSA) is 97.4 Å². The number of pyridine rings is 1. The molecule has 0 radical (unpaired) electrons. The Morgan fingerprint density at radius 3 is 2.69 bits per heavy atom. The molecule has 1 amide bonds. The molecule has 0 unspecified atom stereocenters. The molecule has 1 aliphatic heterocycles. The molecule has 4 rings (SSSR count). The highest BCUT2D eigenvalue weighted by Crippen LogP contribution is 2.17. The van der Waals surface area contributed by atoms with Crippen LogP contribution in [0.15, 0.2) is 33.7 Å². The highest BCUT2D eigenvalue weighted by atomic mass is 16.5. The summed E-state index contributed by atoms with van der Waals surface area (Å²) in [6, 6.07) is 5.85. The molecule has 3 aromatic rings. The predicted octanol–water partition coefficient (Wildman–Crippen LogP) is 1.53. The molecule has 9 nitrogen and oxygen atoms in total. The van der Waals surface area contributed by atoms with Gasteiger partial charge in [-0.15, -0.1) is 0 Å². The first-order chi connectivity index (χ1) is 14.0. The van der Waals surface area contributed by atoms with E-state index in [-0.39, 0.29) is 11.5 Å². The summed E-state index contributed by atoms with van der Waals surface area (Å²) in [5.74, 6) is 1.64. The zero-order chi connectivity index (χ0) is 20.4. The van der Waals surface area contributed by atoms with Gasteiger partial charge in [0.2, 0.25) is 5.91 Å². The van der Waals surface area contributed by atoms with Gasteiger partial charge in [-0.2, -0.15) is 5.10 Å². The minimum Gasteiger partial charge on any atom is -0.360 e. The van der Waals surface area contributed by atoms with Crippen LogP contribution in [0.5, 0.6) is 0 Å². The number of hydrogen-bond donors (Lipinski definition) is 0. The largest absolute Gasteiger partial charge is 0.360 e. The first kappa shape index (κ1) is 19.1. The predicted molar refractivity (Wildman–Crippen MR) is 108 cm³/mol. The standard InChI is InChI=1S/C20H24N6O3/c1-14-18-15(2)29-23-19(18)20(28)26(22-14)9-5-7-17(27)25-12-10-24(11-13-25)16-6-3-4-8-21-16/h3-4,6,8H,5,7,9-13H2,1-2H3. The van der Waals surface area contributed by atoms with Gasteiger partial charge in [0.25, 0.3) is 5.56 Å². The van der Waals surface area contributed by atoms with Crippen molar-refractivity contribution in [2.24, 2.45) is 0 Å². The van der Waals surface area contributed by atoms with Gasteiger partial charge in [0, 0.05) is 45.3 Å². The Hall–Kier alpha value is -3.23. The maximum atomic E-state index is 12.6.